The average Bonchev–Trinajstić information content (AvgIpc) is 2.84. The van der Waals surface area contributed by atoms with Crippen molar-refractivity contribution in [2.24, 2.45) is 0 Å². The molecule has 0 saturated heterocycles. The monoisotopic (exact) mass is 517 g/mol. The Morgan fingerprint density at radius 3 is 2.08 bits per heavy atom. The van der Waals surface area contributed by atoms with Crippen molar-refractivity contribution in [3.63, 3.8) is 0 Å². The minimum absolute atomic E-state index is 0.0269. The summed E-state index contributed by atoms with van der Waals surface area (Å²) in [6.45, 7) is 2.06. The maximum atomic E-state index is 14.7. The Labute approximate surface area is 207 Å². The molecule has 2 atom stereocenters. The van der Waals surface area contributed by atoms with E-state index in [1.165, 1.54) is 24.3 Å². The van der Waals surface area contributed by atoms with Gasteiger partial charge in [-0.25, -0.2) is 13.2 Å². The summed E-state index contributed by atoms with van der Waals surface area (Å²) in [5.74, 6) is -1.24. The van der Waals surface area contributed by atoms with Crippen molar-refractivity contribution in [1.29, 1.82) is 0 Å². The van der Waals surface area contributed by atoms with E-state index in [-0.39, 0.29) is 42.9 Å². The lowest BCUT2D eigenvalue weighted by atomic mass is 10.0. The van der Waals surface area contributed by atoms with Crippen LogP contribution in [-0.2, 0) is 17.5 Å². The van der Waals surface area contributed by atoms with Crippen LogP contribution in [0.15, 0.2) is 36.4 Å². The number of amides is 1. The van der Waals surface area contributed by atoms with Crippen molar-refractivity contribution >= 4 is 23.0 Å². The molecule has 10 heteroatoms. The molecule has 0 heterocycles. The van der Waals surface area contributed by atoms with Gasteiger partial charge in [-0.3, -0.25) is 4.79 Å². The molecule has 200 valence electrons. The fourth-order valence-corrected chi connectivity index (χ4v) is 3.64. The number of carbonyl (C=O) groups is 1. The molecule has 0 bridgehead atoms. The van der Waals surface area contributed by atoms with Crippen LogP contribution in [0.25, 0.3) is 0 Å². The van der Waals surface area contributed by atoms with Gasteiger partial charge in [0.05, 0.1) is 22.6 Å². The number of benzene rings is 2. The number of anilines is 3. The van der Waals surface area contributed by atoms with Gasteiger partial charge in [-0.15, -0.1) is 0 Å². The van der Waals surface area contributed by atoms with Gasteiger partial charge < -0.3 is 16.4 Å². The maximum absolute atomic E-state index is 14.7. The number of nitrogens with two attached hydrogens (primary N) is 1. The van der Waals surface area contributed by atoms with Crippen LogP contribution >= 0.6 is 0 Å². The van der Waals surface area contributed by atoms with E-state index in [1.807, 2.05) is 6.92 Å². The van der Waals surface area contributed by atoms with E-state index in [1.54, 1.807) is 0 Å². The van der Waals surface area contributed by atoms with Crippen LogP contribution < -0.4 is 16.4 Å². The maximum Gasteiger partial charge on any atom is 0.416 e. The molecule has 0 spiro atoms. The third-order valence-corrected chi connectivity index (χ3v) is 5.83. The number of carbonyl (C=O) groups excluding carboxylic acids is 1. The smallest absolute Gasteiger partial charge is 0.395 e. The summed E-state index contributed by atoms with van der Waals surface area (Å²) >= 11 is 0. The molecule has 2 aromatic carbocycles. The summed E-state index contributed by atoms with van der Waals surface area (Å²) in [6.07, 6.45) is -4.02. The highest BCUT2D eigenvalue weighted by Gasteiger charge is 2.29. The predicted molar refractivity (Wildman–Crippen MR) is 131 cm³/mol. The molecule has 36 heavy (non-hydrogen) atoms. The van der Waals surface area contributed by atoms with Gasteiger partial charge in [-0.1, -0.05) is 38.3 Å². The van der Waals surface area contributed by atoms with Crippen LogP contribution in [0.4, 0.5) is 43.4 Å². The van der Waals surface area contributed by atoms with Crippen LogP contribution in [0.5, 0.6) is 0 Å². The van der Waals surface area contributed by atoms with E-state index in [4.69, 9.17) is 5.73 Å². The van der Waals surface area contributed by atoms with Crippen molar-refractivity contribution in [3.05, 3.63) is 53.3 Å². The second-order valence-corrected chi connectivity index (χ2v) is 8.76. The molecule has 0 fully saturated rings. The molecule has 2 unspecified atom stereocenters. The van der Waals surface area contributed by atoms with Crippen molar-refractivity contribution in [2.75, 3.05) is 16.4 Å². The largest absolute Gasteiger partial charge is 0.416 e. The molecule has 0 saturated carbocycles. The molecule has 1 amide bonds. The zero-order valence-corrected chi connectivity index (χ0v) is 20.2. The molecule has 0 aliphatic carbocycles. The summed E-state index contributed by atoms with van der Waals surface area (Å²) in [6, 6.07) is 7.23. The quantitative estimate of drug-likeness (QED) is 0.136. The minimum Gasteiger partial charge on any atom is -0.395 e. The minimum atomic E-state index is -4.44. The van der Waals surface area contributed by atoms with Gasteiger partial charge in [-0.2, -0.15) is 13.2 Å². The lowest BCUT2D eigenvalue weighted by Crippen LogP contribution is -2.18. The number of rotatable bonds is 14. The Bertz CT molecular complexity index is 965. The standard InChI is InChI=1S/C26H33F6N3O/c1-2-3-4-7-19(27)20(28)8-5-6-9-23(36)35-22-15-14-21(24(29)25(22)33)34-16-17-10-12-18(13-11-17)26(30,31)32/h10-15,19-20,34H,2-9,16,33H2,1H3,(H,35,36). The molecule has 4 N–H and O–H groups in total. The number of hydrogen-bond acceptors (Lipinski definition) is 3. The first kappa shape index (κ1) is 29.3. The van der Waals surface area contributed by atoms with Gasteiger partial charge in [-0.05, 0) is 55.5 Å². The summed E-state index contributed by atoms with van der Waals surface area (Å²) in [7, 11) is 0. The topological polar surface area (TPSA) is 67.2 Å². The van der Waals surface area contributed by atoms with E-state index in [9.17, 15) is 31.1 Å². The molecular formula is C26H33F6N3O. The van der Waals surface area contributed by atoms with Gasteiger partial charge in [0.25, 0.3) is 0 Å². The Balaban J connectivity index is 1.80. The summed E-state index contributed by atoms with van der Waals surface area (Å²) < 4.78 is 80.3. The molecule has 2 rings (SSSR count). The van der Waals surface area contributed by atoms with E-state index < -0.39 is 35.8 Å². The van der Waals surface area contributed by atoms with Crippen molar-refractivity contribution < 1.29 is 31.1 Å². The van der Waals surface area contributed by atoms with Gasteiger partial charge in [0.2, 0.25) is 5.91 Å². The number of hydrogen-bond donors (Lipinski definition) is 3. The average molecular weight is 518 g/mol. The van der Waals surface area contributed by atoms with Crippen LogP contribution in [0.3, 0.4) is 0 Å². The van der Waals surface area contributed by atoms with Gasteiger partial charge >= 0.3 is 6.18 Å². The number of halogens is 6. The second kappa shape index (κ2) is 14.0. The highest BCUT2D eigenvalue weighted by molar-refractivity contribution is 5.94. The van der Waals surface area contributed by atoms with Gasteiger partial charge in [0.15, 0.2) is 5.82 Å². The zero-order valence-electron chi connectivity index (χ0n) is 20.2. The number of unbranched alkanes of at least 4 members (excludes halogenated alkanes) is 3. The Morgan fingerprint density at radius 1 is 0.917 bits per heavy atom. The molecule has 4 nitrogen and oxygen atoms in total. The van der Waals surface area contributed by atoms with Crippen molar-refractivity contribution in [2.45, 2.75) is 83.4 Å². The van der Waals surface area contributed by atoms with Crippen molar-refractivity contribution in [1.82, 2.24) is 0 Å². The summed E-state index contributed by atoms with van der Waals surface area (Å²) in [5, 5.41) is 5.28. The second-order valence-electron chi connectivity index (χ2n) is 8.76. The predicted octanol–water partition coefficient (Wildman–Crippen LogP) is 7.79. The Morgan fingerprint density at radius 2 is 1.50 bits per heavy atom. The van der Waals surface area contributed by atoms with E-state index in [0.29, 0.717) is 24.8 Å². The van der Waals surface area contributed by atoms with Crippen LogP contribution in [0.2, 0.25) is 0 Å². The number of nitrogens with one attached hydrogen (secondary N) is 2. The van der Waals surface area contributed by atoms with E-state index in [2.05, 4.69) is 10.6 Å². The SMILES string of the molecule is CCCCCC(F)C(F)CCCCC(=O)Nc1ccc(NCc2ccc(C(F)(F)F)cc2)c(F)c1N. The van der Waals surface area contributed by atoms with Crippen LogP contribution in [-0.4, -0.2) is 18.3 Å². The normalized spacial score (nSPS) is 13.3. The molecule has 0 aromatic heterocycles. The molecular weight excluding hydrogens is 484 g/mol. The highest BCUT2D eigenvalue weighted by Crippen LogP contribution is 2.30. The number of nitrogen functional groups attached to an aromatic ring is 1. The van der Waals surface area contributed by atoms with Crippen LogP contribution in [0, 0.1) is 5.82 Å². The summed E-state index contributed by atoms with van der Waals surface area (Å²) in [4.78, 5) is 12.2. The van der Waals surface area contributed by atoms with Crippen molar-refractivity contribution in [3.8, 4) is 0 Å². The molecule has 0 aliphatic heterocycles. The molecule has 2 aromatic rings. The Kier molecular flexibility index (Phi) is 11.4. The third kappa shape index (κ3) is 9.28. The first-order valence-electron chi connectivity index (χ1n) is 12.1. The van der Waals surface area contributed by atoms with Crippen LogP contribution in [0.1, 0.15) is 69.4 Å². The first-order chi connectivity index (χ1) is 17.0. The van der Waals surface area contributed by atoms with Gasteiger partial charge in [0.1, 0.15) is 12.3 Å². The van der Waals surface area contributed by atoms with E-state index in [0.717, 1.165) is 25.0 Å². The first-order valence-corrected chi connectivity index (χ1v) is 12.1. The fourth-order valence-electron chi connectivity index (χ4n) is 3.64. The van der Waals surface area contributed by atoms with E-state index >= 15 is 0 Å². The summed E-state index contributed by atoms with van der Waals surface area (Å²) in [5.41, 5.74) is 5.33. The fraction of sp³-hybridized carbons (Fsp3) is 0.500. The third-order valence-electron chi connectivity index (χ3n) is 5.83. The Hall–Kier alpha value is -2.91. The lowest BCUT2D eigenvalue weighted by molar-refractivity contribution is -0.137. The molecule has 0 radical (unpaired) electrons. The highest BCUT2D eigenvalue weighted by atomic mass is 19.4. The lowest BCUT2D eigenvalue weighted by Gasteiger charge is -2.14. The molecule has 0 aliphatic rings. The zero-order chi connectivity index (χ0) is 26.7. The number of alkyl halides is 5. The van der Waals surface area contributed by atoms with Gasteiger partial charge in [0, 0.05) is 13.0 Å².